The van der Waals surface area contributed by atoms with Gasteiger partial charge in [0, 0.05) is 28.6 Å². The molecule has 1 unspecified atom stereocenters. The fourth-order valence-corrected chi connectivity index (χ4v) is 5.46. The number of aromatic nitrogens is 1. The molecule has 6 nitrogen and oxygen atoms in total. The van der Waals surface area contributed by atoms with E-state index >= 15 is 0 Å². The minimum atomic E-state index is -4.18. The number of nitrogens with one attached hydrogen (secondary N) is 3. The molecule has 0 aliphatic carbocycles. The van der Waals surface area contributed by atoms with Gasteiger partial charge < -0.3 is 10.6 Å². The lowest BCUT2D eigenvalue weighted by Gasteiger charge is -2.19. The number of thiazole rings is 1. The zero-order chi connectivity index (χ0) is 22.6. The Bertz CT molecular complexity index is 1160. The van der Waals surface area contributed by atoms with Crippen molar-refractivity contribution in [1.82, 2.24) is 10.3 Å². The van der Waals surface area contributed by atoms with E-state index in [0.29, 0.717) is 17.4 Å². The van der Waals surface area contributed by atoms with Gasteiger partial charge >= 0.3 is 0 Å². The second-order valence-electron chi connectivity index (χ2n) is 6.51. The molecule has 3 aromatic rings. The number of hydrogen-bond donors (Lipinski definition) is 3. The van der Waals surface area contributed by atoms with Crippen molar-refractivity contribution < 1.29 is 17.2 Å². The number of likely N-dealkylation sites (N-methyl/N-ethyl adjacent to an activating group) is 1. The van der Waals surface area contributed by atoms with Crippen LogP contribution in [0, 0.1) is 11.6 Å². The van der Waals surface area contributed by atoms with Crippen molar-refractivity contribution in [2.24, 2.45) is 0 Å². The van der Waals surface area contributed by atoms with Crippen LogP contribution in [0.4, 0.5) is 19.6 Å². The van der Waals surface area contributed by atoms with Gasteiger partial charge in [-0.05, 0) is 43.3 Å². The Morgan fingerprint density at radius 3 is 2.68 bits per heavy atom. The standard InChI is InChI=1S/C19H18BrClF2N4O2S2/c1-24-13(6-11-2-3-12(22)7-14(11)20)10-26-17-9-16(23)18(8-15(17)21)31(28,29)27-19-25-4-5-30-19/h2-5,7-9,13,24,26H,6,10H2,1H3,(H,25,27). The number of anilines is 2. The molecule has 166 valence electrons. The molecule has 3 rings (SSSR count). The fourth-order valence-electron chi connectivity index (χ4n) is 2.78. The van der Waals surface area contributed by atoms with Crippen molar-refractivity contribution in [2.75, 3.05) is 23.6 Å². The lowest BCUT2D eigenvalue weighted by molar-refractivity contribution is 0.568. The van der Waals surface area contributed by atoms with Gasteiger partial charge in [0.1, 0.15) is 16.5 Å². The molecule has 0 bridgehead atoms. The molecule has 0 aliphatic heterocycles. The minimum Gasteiger partial charge on any atom is -0.382 e. The van der Waals surface area contributed by atoms with E-state index in [-0.39, 0.29) is 27.7 Å². The Balaban J connectivity index is 1.72. The number of benzene rings is 2. The van der Waals surface area contributed by atoms with Crippen molar-refractivity contribution >= 4 is 59.7 Å². The molecule has 0 saturated carbocycles. The Hall–Kier alpha value is -1.79. The summed E-state index contributed by atoms with van der Waals surface area (Å²) in [5.74, 6) is -1.28. The molecule has 0 saturated heterocycles. The Morgan fingerprint density at radius 1 is 1.26 bits per heavy atom. The first kappa shape index (κ1) is 23.9. The molecule has 0 spiro atoms. The normalized spacial score (nSPS) is 12.5. The molecule has 0 fully saturated rings. The van der Waals surface area contributed by atoms with E-state index in [1.54, 1.807) is 18.5 Å². The highest BCUT2D eigenvalue weighted by Gasteiger charge is 2.23. The number of nitrogens with zero attached hydrogens (tertiary/aromatic N) is 1. The van der Waals surface area contributed by atoms with Crippen molar-refractivity contribution in [3.63, 3.8) is 0 Å². The molecule has 1 aromatic heterocycles. The number of sulfonamides is 1. The predicted octanol–water partition coefficient (Wildman–Crippen LogP) is 4.88. The van der Waals surface area contributed by atoms with E-state index in [4.69, 9.17) is 11.6 Å². The third-order valence-corrected chi connectivity index (χ3v) is 7.62. The average Bonchev–Trinajstić information content (AvgIpc) is 3.21. The number of hydrogen-bond acceptors (Lipinski definition) is 6. The maximum Gasteiger partial charge on any atom is 0.266 e. The summed E-state index contributed by atoms with van der Waals surface area (Å²) in [7, 11) is -2.41. The average molecular weight is 552 g/mol. The van der Waals surface area contributed by atoms with Crippen LogP contribution in [-0.2, 0) is 16.4 Å². The fraction of sp³-hybridized carbons (Fsp3) is 0.211. The van der Waals surface area contributed by atoms with Gasteiger partial charge in [-0.3, -0.25) is 4.72 Å². The van der Waals surface area contributed by atoms with Crippen LogP contribution in [0.1, 0.15) is 5.56 Å². The van der Waals surface area contributed by atoms with E-state index in [0.717, 1.165) is 29.0 Å². The first-order valence-corrected chi connectivity index (χ1v) is 12.5. The van der Waals surface area contributed by atoms with Crippen molar-refractivity contribution in [3.05, 3.63) is 68.6 Å². The van der Waals surface area contributed by atoms with Gasteiger partial charge in [-0.2, -0.15) is 0 Å². The summed E-state index contributed by atoms with van der Waals surface area (Å²) in [6.07, 6.45) is 2.00. The molecule has 3 N–H and O–H groups in total. The Labute approximate surface area is 196 Å². The molecule has 12 heteroatoms. The summed E-state index contributed by atoms with van der Waals surface area (Å²) < 4.78 is 55.7. The maximum absolute atomic E-state index is 14.6. The zero-order valence-electron chi connectivity index (χ0n) is 16.1. The van der Waals surface area contributed by atoms with Crippen molar-refractivity contribution in [3.8, 4) is 0 Å². The van der Waals surface area contributed by atoms with Crippen LogP contribution in [-0.4, -0.2) is 33.0 Å². The highest BCUT2D eigenvalue weighted by molar-refractivity contribution is 9.10. The predicted molar refractivity (Wildman–Crippen MR) is 123 cm³/mol. The van der Waals surface area contributed by atoms with Gasteiger partial charge in [0.15, 0.2) is 5.13 Å². The second-order valence-corrected chi connectivity index (χ2v) is 10.3. The van der Waals surface area contributed by atoms with Gasteiger partial charge in [-0.1, -0.05) is 33.6 Å². The summed E-state index contributed by atoms with van der Waals surface area (Å²) in [5.41, 5.74) is 1.15. The monoisotopic (exact) mass is 550 g/mol. The smallest absolute Gasteiger partial charge is 0.266 e. The van der Waals surface area contributed by atoms with Crippen LogP contribution < -0.4 is 15.4 Å². The van der Waals surface area contributed by atoms with Crippen LogP contribution in [0.25, 0.3) is 0 Å². The highest BCUT2D eigenvalue weighted by atomic mass is 79.9. The summed E-state index contributed by atoms with van der Waals surface area (Å²) >= 11 is 10.6. The van der Waals surface area contributed by atoms with Crippen molar-refractivity contribution in [2.45, 2.75) is 17.4 Å². The van der Waals surface area contributed by atoms with E-state index in [9.17, 15) is 17.2 Å². The molecule has 2 aromatic carbocycles. The number of rotatable bonds is 9. The lowest BCUT2D eigenvalue weighted by Crippen LogP contribution is -2.35. The van der Waals surface area contributed by atoms with Gasteiger partial charge in [0.05, 0.1) is 10.7 Å². The van der Waals surface area contributed by atoms with E-state index in [2.05, 4.69) is 36.3 Å². The molecular weight excluding hydrogens is 534 g/mol. The van der Waals surface area contributed by atoms with Crippen LogP contribution >= 0.6 is 38.9 Å². The molecule has 1 heterocycles. The molecular formula is C19H18BrClF2N4O2S2. The van der Waals surface area contributed by atoms with Crippen LogP contribution in [0.15, 0.2) is 51.3 Å². The molecule has 0 aliphatic rings. The molecule has 0 amide bonds. The third-order valence-electron chi connectivity index (χ3n) is 4.39. The van der Waals surface area contributed by atoms with Gasteiger partial charge in [0.2, 0.25) is 0 Å². The van der Waals surface area contributed by atoms with E-state index < -0.39 is 20.7 Å². The molecule has 31 heavy (non-hydrogen) atoms. The number of halogens is 4. The largest absolute Gasteiger partial charge is 0.382 e. The first-order chi connectivity index (χ1) is 14.7. The maximum atomic E-state index is 14.6. The highest BCUT2D eigenvalue weighted by Crippen LogP contribution is 2.29. The lowest BCUT2D eigenvalue weighted by atomic mass is 10.1. The van der Waals surface area contributed by atoms with E-state index in [1.165, 1.54) is 18.3 Å². The van der Waals surface area contributed by atoms with E-state index in [1.807, 2.05) is 0 Å². The second kappa shape index (κ2) is 10.2. The van der Waals surface area contributed by atoms with Crippen LogP contribution in [0.3, 0.4) is 0 Å². The molecule has 1 atom stereocenters. The third kappa shape index (κ3) is 6.13. The van der Waals surface area contributed by atoms with Crippen LogP contribution in [0.5, 0.6) is 0 Å². The van der Waals surface area contributed by atoms with Crippen LogP contribution in [0.2, 0.25) is 5.02 Å². The Morgan fingerprint density at radius 2 is 2.03 bits per heavy atom. The van der Waals surface area contributed by atoms with Gasteiger partial charge in [-0.25, -0.2) is 22.2 Å². The Kier molecular flexibility index (Phi) is 7.87. The van der Waals surface area contributed by atoms with Gasteiger partial charge in [0.25, 0.3) is 10.0 Å². The van der Waals surface area contributed by atoms with Gasteiger partial charge in [-0.15, -0.1) is 11.3 Å². The summed E-state index contributed by atoms with van der Waals surface area (Å²) in [5, 5.41) is 7.94. The first-order valence-electron chi connectivity index (χ1n) is 8.96. The topological polar surface area (TPSA) is 83.1 Å². The molecule has 0 radical (unpaired) electrons. The minimum absolute atomic E-state index is 0.0544. The summed E-state index contributed by atoms with van der Waals surface area (Å²) in [4.78, 5) is 3.26. The summed E-state index contributed by atoms with van der Waals surface area (Å²) in [6, 6.07) is 6.47. The quantitative estimate of drug-likeness (QED) is 0.353. The zero-order valence-corrected chi connectivity index (χ0v) is 20.1. The van der Waals surface area contributed by atoms with Crippen molar-refractivity contribution in [1.29, 1.82) is 0 Å². The summed E-state index contributed by atoms with van der Waals surface area (Å²) in [6.45, 7) is 0.364. The SMILES string of the molecule is CNC(CNc1cc(F)c(S(=O)(=O)Nc2nccs2)cc1Cl)Cc1ccc(F)cc1Br.